The van der Waals surface area contributed by atoms with Gasteiger partial charge in [0.2, 0.25) is 0 Å². The first-order chi connectivity index (χ1) is 15.3. The van der Waals surface area contributed by atoms with Crippen molar-refractivity contribution < 1.29 is 19.5 Å². The molecule has 4 aliphatic rings. The van der Waals surface area contributed by atoms with Crippen LogP contribution in [0, 0.1) is 46.3 Å². The number of ketones is 1. The highest BCUT2D eigenvalue weighted by Gasteiger charge is 2.60. The quantitative estimate of drug-likeness (QED) is 0.647. The summed E-state index contributed by atoms with van der Waals surface area (Å²) < 4.78 is 58.8. The second kappa shape index (κ2) is 7.15. The van der Waals surface area contributed by atoms with Crippen LogP contribution in [0.3, 0.4) is 0 Å². The van der Waals surface area contributed by atoms with Crippen molar-refractivity contribution in [2.75, 3.05) is 0 Å². The highest BCUT2D eigenvalue weighted by Crippen LogP contribution is 2.68. The zero-order valence-electron chi connectivity index (χ0n) is 24.5. The number of fused-ring (bicyclic) bond motifs is 5. The van der Waals surface area contributed by atoms with Crippen molar-refractivity contribution in [3.05, 3.63) is 0 Å². The molecule has 2 heteroatoms. The van der Waals surface area contributed by atoms with Crippen LogP contribution in [0.2, 0.25) is 0 Å². The monoisotopic (exact) mass is 381 g/mol. The fourth-order valence-corrected chi connectivity index (χ4v) is 7.86. The summed E-state index contributed by atoms with van der Waals surface area (Å²) in [5.41, 5.74) is -0.570. The zero-order valence-corrected chi connectivity index (χ0v) is 17.5. The average Bonchev–Trinajstić information content (AvgIpc) is 3.03. The Kier molecular flexibility index (Phi) is 3.45. The standard InChI is InChI=1S/C25H42O2/c1-16(5-6-17(2)26)21-9-10-22-20-8-7-18-15-19(27)11-13-24(18,3)23(20)12-14-25(21,22)4/h16,18-23,27H,5-15H2,1-4H3/t16-,18-,19+,20+,21-,22+,23+,24+,25-/m1/s1/i6D2,11D2,15D2,19D. The molecule has 9 atom stereocenters. The summed E-state index contributed by atoms with van der Waals surface area (Å²) in [6.45, 7) is 7.76. The van der Waals surface area contributed by atoms with Crippen molar-refractivity contribution >= 4 is 5.78 Å². The summed E-state index contributed by atoms with van der Waals surface area (Å²) in [4.78, 5) is 11.8. The molecule has 0 aromatic rings. The third-order valence-electron chi connectivity index (χ3n) is 9.25. The van der Waals surface area contributed by atoms with E-state index in [0.29, 0.717) is 24.2 Å². The lowest BCUT2D eigenvalue weighted by Gasteiger charge is -2.61. The molecule has 0 radical (unpaired) electrons. The van der Waals surface area contributed by atoms with Crippen LogP contribution in [0.1, 0.15) is 108 Å². The average molecular weight is 382 g/mol. The Morgan fingerprint density at radius 3 is 2.67 bits per heavy atom. The van der Waals surface area contributed by atoms with Gasteiger partial charge < -0.3 is 9.90 Å². The molecule has 0 unspecified atom stereocenters. The maximum Gasteiger partial charge on any atom is 0.129 e. The van der Waals surface area contributed by atoms with Crippen molar-refractivity contribution in [2.24, 2.45) is 46.3 Å². The minimum atomic E-state index is -2.76. The van der Waals surface area contributed by atoms with Crippen molar-refractivity contribution in [1.82, 2.24) is 0 Å². The van der Waals surface area contributed by atoms with Crippen LogP contribution in [-0.2, 0) is 4.79 Å². The van der Waals surface area contributed by atoms with Gasteiger partial charge in [-0.05, 0) is 117 Å². The van der Waals surface area contributed by atoms with Gasteiger partial charge in [0.15, 0.2) is 0 Å². The number of Topliss-reactive ketones (excluding diaryl/α,β-unsaturated/α-hetero) is 1. The van der Waals surface area contributed by atoms with E-state index in [1.54, 1.807) is 0 Å². The van der Waals surface area contributed by atoms with E-state index in [1.165, 1.54) is 6.92 Å². The first-order valence-electron chi connectivity index (χ1n) is 14.6. The van der Waals surface area contributed by atoms with Crippen LogP contribution in [0.15, 0.2) is 0 Å². The first-order valence-corrected chi connectivity index (χ1v) is 11.1. The van der Waals surface area contributed by atoms with Gasteiger partial charge in [0.1, 0.15) is 5.78 Å². The Morgan fingerprint density at radius 2 is 1.93 bits per heavy atom. The normalized spacial score (nSPS) is 61.2. The van der Waals surface area contributed by atoms with Crippen molar-refractivity contribution in [1.29, 1.82) is 0 Å². The van der Waals surface area contributed by atoms with Gasteiger partial charge in [-0.15, -0.1) is 0 Å². The van der Waals surface area contributed by atoms with Crippen molar-refractivity contribution in [3.8, 4) is 0 Å². The van der Waals surface area contributed by atoms with Gasteiger partial charge in [-0.2, -0.15) is 0 Å². The Hall–Kier alpha value is -0.370. The largest absolute Gasteiger partial charge is 0.393 e. The molecule has 0 spiro atoms. The first kappa shape index (κ1) is 13.0. The molecular weight excluding hydrogens is 332 g/mol. The van der Waals surface area contributed by atoms with Gasteiger partial charge in [-0.25, -0.2) is 0 Å². The molecule has 0 aliphatic heterocycles. The van der Waals surface area contributed by atoms with Crippen LogP contribution >= 0.6 is 0 Å². The summed E-state index contributed by atoms with van der Waals surface area (Å²) in [6, 6.07) is 0. The van der Waals surface area contributed by atoms with E-state index in [1.807, 2.05) is 6.92 Å². The van der Waals surface area contributed by atoms with E-state index >= 15 is 0 Å². The molecule has 154 valence electrons. The fraction of sp³-hybridized carbons (Fsp3) is 0.960. The molecule has 27 heavy (non-hydrogen) atoms. The highest BCUT2D eigenvalue weighted by atomic mass is 16.3. The van der Waals surface area contributed by atoms with E-state index in [9.17, 15) is 9.90 Å². The van der Waals surface area contributed by atoms with Crippen LogP contribution in [0.5, 0.6) is 0 Å². The Labute approximate surface area is 176 Å². The molecule has 4 saturated carbocycles. The molecule has 2 nitrogen and oxygen atoms in total. The molecule has 4 rings (SSSR count). The molecule has 0 saturated heterocycles. The molecule has 0 aromatic carbocycles. The SMILES string of the molecule is [2H]C([2H])(C[C@@H](C)[C@H]1CC[C@H]2[C@@H]3CC[C@@H]4C([2H])([2H])[C@@]([2H])(O)C([2H])([2H])C[C@]4(C)[C@H]3CC[C@]12C)C(C)=O. The summed E-state index contributed by atoms with van der Waals surface area (Å²) in [6.07, 6.45) is -3.71. The highest BCUT2D eigenvalue weighted by molar-refractivity contribution is 5.75. The molecule has 4 fully saturated rings. The van der Waals surface area contributed by atoms with E-state index in [2.05, 4.69) is 13.8 Å². The number of rotatable bonds is 4. The lowest BCUT2D eigenvalue weighted by Crippen LogP contribution is -2.54. The summed E-state index contributed by atoms with van der Waals surface area (Å²) in [7, 11) is 0. The topological polar surface area (TPSA) is 37.3 Å². The second-order valence-electron chi connectivity index (χ2n) is 10.5. The predicted molar refractivity (Wildman–Crippen MR) is 110 cm³/mol. The third-order valence-corrected chi connectivity index (χ3v) is 9.25. The van der Waals surface area contributed by atoms with E-state index in [-0.39, 0.29) is 30.1 Å². The number of hydrogen-bond donors (Lipinski definition) is 1. The smallest absolute Gasteiger partial charge is 0.129 e. The summed E-state index contributed by atoms with van der Waals surface area (Å²) in [5, 5.41) is 10.7. The zero-order chi connectivity index (χ0) is 25.7. The van der Waals surface area contributed by atoms with Gasteiger partial charge in [0.25, 0.3) is 0 Å². The van der Waals surface area contributed by atoms with E-state index in [0.717, 1.165) is 32.1 Å². The van der Waals surface area contributed by atoms with E-state index < -0.39 is 42.3 Å². The second-order valence-corrected chi connectivity index (χ2v) is 10.5. The molecule has 0 amide bonds. The maximum atomic E-state index is 11.8. The number of carbonyl (C=O) groups is 1. The summed E-state index contributed by atoms with van der Waals surface area (Å²) >= 11 is 0. The lowest BCUT2D eigenvalue weighted by molar-refractivity contribution is -0.129. The predicted octanol–water partition coefficient (Wildman–Crippen LogP) is 6.01. The van der Waals surface area contributed by atoms with Gasteiger partial charge in [0, 0.05) is 14.6 Å². The van der Waals surface area contributed by atoms with Crippen molar-refractivity contribution in [2.45, 2.75) is 104 Å². The molecular formula is C25H42O2. The fourth-order valence-electron chi connectivity index (χ4n) is 7.86. The molecule has 0 aromatic heterocycles. The maximum absolute atomic E-state index is 11.8. The Balaban J connectivity index is 1.61. The lowest BCUT2D eigenvalue weighted by atomic mass is 9.44. The van der Waals surface area contributed by atoms with Gasteiger partial charge >= 0.3 is 0 Å². The van der Waals surface area contributed by atoms with Crippen LogP contribution in [0.25, 0.3) is 0 Å². The number of carbonyl (C=O) groups excluding carboxylic acids is 1. The Bertz CT molecular complexity index is 843. The van der Waals surface area contributed by atoms with Crippen LogP contribution in [0.4, 0.5) is 0 Å². The van der Waals surface area contributed by atoms with Gasteiger partial charge in [0.05, 0.1) is 7.45 Å². The summed E-state index contributed by atoms with van der Waals surface area (Å²) in [5.74, 6) is 0.400. The minimum Gasteiger partial charge on any atom is -0.393 e. The minimum absolute atomic E-state index is 0.00737. The van der Waals surface area contributed by atoms with Gasteiger partial charge in [-0.1, -0.05) is 20.8 Å². The Morgan fingerprint density at radius 1 is 1.19 bits per heavy atom. The molecule has 4 aliphatic carbocycles. The number of hydrogen-bond acceptors (Lipinski definition) is 2. The molecule has 0 bridgehead atoms. The molecule has 0 heterocycles. The van der Waals surface area contributed by atoms with Crippen LogP contribution < -0.4 is 0 Å². The number of aliphatic hydroxyl groups is 1. The van der Waals surface area contributed by atoms with E-state index in [4.69, 9.17) is 9.60 Å². The molecule has 1 N–H and O–H groups in total. The van der Waals surface area contributed by atoms with Gasteiger partial charge in [-0.3, -0.25) is 0 Å². The van der Waals surface area contributed by atoms with Crippen molar-refractivity contribution in [3.63, 3.8) is 0 Å². The third kappa shape index (κ3) is 3.22. The van der Waals surface area contributed by atoms with Crippen LogP contribution in [-0.4, -0.2) is 17.0 Å².